The van der Waals surface area contributed by atoms with Gasteiger partial charge in [-0.3, -0.25) is 4.79 Å². The molecule has 0 aromatic heterocycles. The third-order valence-electron chi connectivity index (χ3n) is 2.87. The quantitative estimate of drug-likeness (QED) is 0.791. The smallest absolute Gasteiger partial charge is 0.404 e. The van der Waals surface area contributed by atoms with Gasteiger partial charge in [0.05, 0.1) is 5.69 Å². The molecular weight excluding hydrogens is 285 g/mol. The Morgan fingerprint density at radius 1 is 1.43 bits per heavy atom. The van der Waals surface area contributed by atoms with Crippen molar-refractivity contribution in [1.29, 1.82) is 0 Å². The molecule has 0 fully saturated rings. The topological polar surface area (TPSA) is 64.3 Å². The minimum Gasteiger partial charge on any atom is -0.404 e. The van der Waals surface area contributed by atoms with Crippen LogP contribution in [0.15, 0.2) is 18.2 Å². The summed E-state index contributed by atoms with van der Waals surface area (Å²) in [5.74, 6) is -0.887. The number of halogens is 3. The highest BCUT2D eigenvalue weighted by atomic mass is 19.4. The Morgan fingerprint density at radius 2 is 2.10 bits per heavy atom. The van der Waals surface area contributed by atoms with Crippen molar-refractivity contribution in [2.75, 3.05) is 5.73 Å². The highest BCUT2D eigenvalue weighted by Crippen LogP contribution is 2.28. The third kappa shape index (κ3) is 5.93. The minimum atomic E-state index is -4.81. The molecule has 0 saturated carbocycles. The number of nitrogens with one attached hydrogen (secondary N) is 1. The van der Waals surface area contributed by atoms with Crippen LogP contribution >= 0.6 is 0 Å². The van der Waals surface area contributed by atoms with Crippen molar-refractivity contribution in [2.24, 2.45) is 0 Å². The number of nitrogen functional groups attached to an aromatic ring is 1. The van der Waals surface area contributed by atoms with Crippen molar-refractivity contribution in [3.8, 4) is 5.75 Å². The number of hydrogen-bond donors (Lipinski definition) is 2. The summed E-state index contributed by atoms with van der Waals surface area (Å²) in [4.78, 5) is 11.9. The van der Waals surface area contributed by atoms with E-state index >= 15 is 0 Å². The summed E-state index contributed by atoms with van der Waals surface area (Å²) in [6.07, 6.45) is -1.96. The van der Waals surface area contributed by atoms with Crippen LogP contribution in [0.25, 0.3) is 0 Å². The largest absolute Gasteiger partial charge is 0.573 e. The molecule has 3 N–H and O–H groups in total. The van der Waals surface area contributed by atoms with Gasteiger partial charge in [0.1, 0.15) is 0 Å². The highest BCUT2D eigenvalue weighted by Gasteiger charge is 2.32. The number of carbonyl (C=O) groups excluding carboxylic acids is 1. The van der Waals surface area contributed by atoms with Crippen LogP contribution < -0.4 is 15.8 Å². The van der Waals surface area contributed by atoms with Crippen LogP contribution in [-0.2, 0) is 0 Å². The van der Waals surface area contributed by atoms with Gasteiger partial charge in [0.25, 0.3) is 5.91 Å². The fourth-order valence-electron chi connectivity index (χ4n) is 1.80. The van der Waals surface area contributed by atoms with Crippen LogP contribution in [0.2, 0.25) is 0 Å². The predicted octanol–water partition coefficient (Wildman–Crippen LogP) is 3.48. The lowest BCUT2D eigenvalue weighted by molar-refractivity contribution is -0.274. The second-order valence-corrected chi connectivity index (χ2v) is 4.82. The van der Waals surface area contributed by atoms with E-state index < -0.39 is 12.1 Å². The van der Waals surface area contributed by atoms with E-state index in [2.05, 4.69) is 17.0 Å². The zero-order valence-electron chi connectivity index (χ0n) is 12.0. The van der Waals surface area contributed by atoms with Crippen molar-refractivity contribution in [3.05, 3.63) is 23.8 Å². The molecule has 0 aliphatic carbocycles. The third-order valence-corrected chi connectivity index (χ3v) is 2.87. The van der Waals surface area contributed by atoms with Crippen molar-refractivity contribution in [3.63, 3.8) is 0 Å². The summed E-state index contributed by atoms with van der Waals surface area (Å²) >= 11 is 0. The number of benzene rings is 1. The molecule has 0 radical (unpaired) electrons. The second-order valence-electron chi connectivity index (χ2n) is 4.82. The van der Waals surface area contributed by atoms with Crippen LogP contribution in [-0.4, -0.2) is 18.3 Å². The number of amides is 1. The van der Waals surface area contributed by atoms with Gasteiger partial charge in [-0.1, -0.05) is 19.8 Å². The van der Waals surface area contributed by atoms with Gasteiger partial charge in [-0.2, -0.15) is 0 Å². The number of ether oxygens (including phenoxy) is 1. The average Bonchev–Trinajstić information content (AvgIpc) is 2.37. The van der Waals surface area contributed by atoms with Crippen molar-refractivity contribution < 1.29 is 22.7 Å². The Morgan fingerprint density at radius 3 is 2.62 bits per heavy atom. The SMILES string of the molecule is CCCCC(C)NC(=O)c1ccc(OC(F)(F)F)c(N)c1. The second kappa shape index (κ2) is 7.19. The van der Waals surface area contributed by atoms with Gasteiger partial charge in [0, 0.05) is 11.6 Å². The molecule has 1 atom stereocenters. The van der Waals surface area contributed by atoms with E-state index in [1.54, 1.807) is 0 Å². The Kier molecular flexibility index (Phi) is 5.87. The number of anilines is 1. The molecule has 1 aromatic rings. The predicted molar refractivity (Wildman–Crippen MR) is 74.0 cm³/mol. The molecule has 1 unspecified atom stereocenters. The number of carbonyl (C=O) groups is 1. The standard InChI is InChI=1S/C14H19F3N2O2/c1-3-4-5-9(2)19-13(20)10-6-7-12(11(18)8-10)21-14(15,16)17/h6-9H,3-5,18H2,1-2H3,(H,19,20). The summed E-state index contributed by atoms with van der Waals surface area (Å²) in [5.41, 5.74) is 5.44. The van der Waals surface area contributed by atoms with Gasteiger partial charge in [-0.05, 0) is 31.5 Å². The highest BCUT2D eigenvalue weighted by molar-refractivity contribution is 5.95. The molecule has 118 valence electrons. The first-order valence-corrected chi connectivity index (χ1v) is 6.69. The molecule has 0 spiro atoms. The molecule has 4 nitrogen and oxygen atoms in total. The first kappa shape index (κ1) is 17.1. The lowest BCUT2D eigenvalue weighted by Gasteiger charge is -2.15. The molecule has 0 heterocycles. The van der Waals surface area contributed by atoms with Crippen LogP contribution in [0.3, 0.4) is 0 Å². The van der Waals surface area contributed by atoms with E-state index in [0.717, 1.165) is 25.3 Å². The molecule has 0 bridgehead atoms. The summed E-state index contributed by atoms with van der Waals surface area (Å²) < 4.78 is 40.1. The van der Waals surface area contributed by atoms with Crippen LogP contribution in [0.5, 0.6) is 5.75 Å². The Bertz CT molecular complexity index is 490. The minimum absolute atomic E-state index is 0.00947. The lowest BCUT2D eigenvalue weighted by Crippen LogP contribution is -2.32. The fraction of sp³-hybridized carbons (Fsp3) is 0.500. The molecular formula is C14H19F3N2O2. The van der Waals surface area contributed by atoms with Crippen molar-refractivity contribution in [2.45, 2.75) is 45.5 Å². The fourth-order valence-corrected chi connectivity index (χ4v) is 1.80. The number of alkyl halides is 3. The lowest BCUT2D eigenvalue weighted by atomic mass is 10.1. The van der Waals surface area contributed by atoms with E-state index in [-0.39, 0.29) is 23.2 Å². The zero-order chi connectivity index (χ0) is 16.0. The molecule has 0 saturated heterocycles. The normalized spacial score (nSPS) is 12.8. The Labute approximate surface area is 121 Å². The monoisotopic (exact) mass is 304 g/mol. The first-order chi connectivity index (χ1) is 9.73. The van der Waals surface area contributed by atoms with E-state index in [9.17, 15) is 18.0 Å². The Hall–Kier alpha value is -1.92. The van der Waals surface area contributed by atoms with E-state index in [0.29, 0.717) is 0 Å². The number of rotatable bonds is 6. The molecule has 0 aliphatic rings. The molecule has 7 heteroatoms. The maximum absolute atomic E-state index is 12.1. The molecule has 21 heavy (non-hydrogen) atoms. The van der Waals surface area contributed by atoms with E-state index in [1.165, 1.54) is 12.1 Å². The van der Waals surface area contributed by atoms with E-state index in [4.69, 9.17) is 5.73 Å². The van der Waals surface area contributed by atoms with Gasteiger partial charge >= 0.3 is 6.36 Å². The summed E-state index contributed by atoms with van der Waals surface area (Å²) in [7, 11) is 0. The van der Waals surface area contributed by atoms with Gasteiger partial charge in [-0.25, -0.2) is 0 Å². The number of nitrogens with two attached hydrogens (primary N) is 1. The molecule has 1 amide bonds. The molecule has 0 aliphatic heterocycles. The number of unbranched alkanes of at least 4 members (excludes halogenated alkanes) is 1. The molecule has 1 rings (SSSR count). The summed E-state index contributed by atoms with van der Waals surface area (Å²) in [5, 5.41) is 2.77. The first-order valence-electron chi connectivity index (χ1n) is 6.69. The van der Waals surface area contributed by atoms with Gasteiger partial charge in [0.2, 0.25) is 0 Å². The van der Waals surface area contributed by atoms with Crippen LogP contribution in [0.4, 0.5) is 18.9 Å². The van der Waals surface area contributed by atoms with E-state index in [1.807, 2.05) is 6.92 Å². The van der Waals surface area contributed by atoms with Crippen LogP contribution in [0, 0.1) is 0 Å². The van der Waals surface area contributed by atoms with Gasteiger partial charge in [-0.15, -0.1) is 13.2 Å². The van der Waals surface area contributed by atoms with Gasteiger partial charge < -0.3 is 15.8 Å². The maximum atomic E-state index is 12.1. The van der Waals surface area contributed by atoms with Crippen molar-refractivity contribution >= 4 is 11.6 Å². The summed E-state index contributed by atoms with van der Waals surface area (Å²) in [6.45, 7) is 3.92. The average molecular weight is 304 g/mol. The van der Waals surface area contributed by atoms with Crippen LogP contribution in [0.1, 0.15) is 43.5 Å². The maximum Gasteiger partial charge on any atom is 0.573 e. The zero-order valence-corrected chi connectivity index (χ0v) is 12.0. The Balaban J connectivity index is 2.72. The summed E-state index contributed by atoms with van der Waals surface area (Å²) in [6, 6.07) is 3.45. The molecule has 1 aromatic carbocycles. The van der Waals surface area contributed by atoms with Crippen molar-refractivity contribution in [1.82, 2.24) is 5.32 Å². The van der Waals surface area contributed by atoms with Gasteiger partial charge in [0.15, 0.2) is 5.75 Å². The number of hydrogen-bond acceptors (Lipinski definition) is 3.